The van der Waals surface area contributed by atoms with Gasteiger partial charge in [0.05, 0.1) is 11.6 Å². The first-order valence-electron chi connectivity index (χ1n) is 11.4. The number of likely N-dealkylation sites (tertiary alicyclic amines) is 1. The minimum Gasteiger partial charge on any atom is -0.355 e. The maximum absolute atomic E-state index is 12.6. The first kappa shape index (κ1) is 25.0. The summed E-state index contributed by atoms with van der Waals surface area (Å²) in [6.45, 7) is 5.03. The number of aromatic nitrogens is 2. The number of hydrogen-bond acceptors (Lipinski definition) is 6. The SMILES string of the molecule is Cc1ccccc1CSCCNC(=O)C1CCN(Cc2nc(-c3ccc(Cl)cc3Cl)no2)CC1. The van der Waals surface area contributed by atoms with Gasteiger partial charge in [0, 0.05) is 34.6 Å². The highest BCUT2D eigenvalue weighted by molar-refractivity contribution is 7.98. The second kappa shape index (κ2) is 12.1. The van der Waals surface area contributed by atoms with Crippen LogP contribution in [0.4, 0.5) is 0 Å². The molecular weight excluding hydrogens is 491 g/mol. The zero-order chi connectivity index (χ0) is 23.9. The number of aryl methyl sites for hydroxylation is 1. The van der Waals surface area contributed by atoms with Crippen molar-refractivity contribution in [3.8, 4) is 11.4 Å². The Morgan fingerprint density at radius 2 is 2.00 bits per heavy atom. The van der Waals surface area contributed by atoms with Gasteiger partial charge in [0.2, 0.25) is 17.6 Å². The van der Waals surface area contributed by atoms with Crippen LogP contribution in [-0.2, 0) is 17.1 Å². The third-order valence-corrected chi connectivity index (χ3v) is 7.58. The summed E-state index contributed by atoms with van der Waals surface area (Å²) >= 11 is 14.1. The minimum absolute atomic E-state index is 0.0590. The van der Waals surface area contributed by atoms with Crippen LogP contribution in [0.3, 0.4) is 0 Å². The second-order valence-electron chi connectivity index (χ2n) is 8.46. The predicted molar refractivity (Wildman–Crippen MR) is 138 cm³/mol. The van der Waals surface area contributed by atoms with Crippen LogP contribution in [0.15, 0.2) is 47.0 Å². The summed E-state index contributed by atoms with van der Waals surface area (Å²) in [6.07, 6.45) is 1.65. The number of halogens is 2. The number of amides is 1. The van der Waals surface area contributed by atoms with Crippen molar-refractivity contribution < 1.29 is 9.32 Å². The molecule has 1 saturated heterocycles. The molecule has 1 amide bonds. The molecule has 3 aromatic rings. The van der Waals surface area contributed by atoms with Crippen LogP contribution in [0.5, 0.6) is 0 Å². The lowest BCUT2D eigenvalue weighted by atomic mass is 9.96. The maximum Gasteiger partial charge on any atom is 0.241 e. The maximum atomic E-state index is 12.6. The van der Waals surface area contributed by atoms with Crippen molar-refractivity contribution in [2.75, 3.05) is 25.4 Å². The minimum atomic E-state index is 0.0590. The number of nitrogens with zero attached hydrogens (tertiary/aromatic N) is 3. The molecule has 0 bridgehead atoms. The number of carbonyl (C=O) groups is 1. The van der Waals surface area contributed by atoms with Gasteiger partial charge in [-0.2, -0.15) is 16.7 Å². The van der Waals surface area contributed by atoms with E-state index in [1.54, 1.807) is 18.2 Å². The molecule has 2 heterocycles. The third-order valence-electron chi connectivity index (χ3n) is 6.02. The average Bonchev–Trinajstić information content (AvgIpc) is 3.28. The summed E-state index contributed by atoms with van der Waals surface area (Å²) in [6, 6.07) is 13.6. The van der Waals surface area contributed by atoms with Crippen LogP contribution >= 0.6 is 35.0 Å². The first-order chi connectivity index (χ1) is 16.5. The fraction of sp³-hybridized carbons (Fsp3) is 0.400. The number of rotatable bonds is 9. The summed E-state index contributed by atoms with van der Waals surface area (Å²) in [5.41, 5.74) is 3.36. The monoisotopic (exact) mass is 518 g/mol. The van der Waals surface area contributed by atoms with E-state index in [0.717, 1.165) is 37.4 Å². The van der Waals surface area contributed by atoms with E-state index in [-0.39, 0.29) is 11.8 Å². The van der Waals surface area contributed by atoms with Gasteiger partial charge in [-0.15, -0.1) is 0 Å². The van der Waals surface area contributed by atoms with Crippen LogP contribution in [0.25, 0.3) is 11.4 Å². The fourth-order valence-corrected chi connectivity index (χ4v) is 5.42. The number of benzene rings is 2. The summed E-state index contributed by atoms with van der Waals surface area (Å²) in [7, 11) is 0. The lowest BCUT2D eigenvalue weighted by Crippen LogP contribution is -2.40. The molecule has 4 rings (SSSR count). The lowest BCUT2D eigenvalue weighted by molar-refractivity contribution is -0.126. The van der Waals surface area contributed by atoms with E-state index in [9.17, 15) is 4.79 Å². The van der Waals surface area contributed by atoms with Crippen molar-refractivity contribution in [1.29, 1.82) is 0 Å². The molecule has 1 aliphatic rings. The Labute approximate surface area is 214 Å². The number of hydrogen-bond donors (Lipinski definition) is 1. The standard InChI is InChI=1S/C25H28Cl2N4O2S/c1-17-4-2-3-5-19(17)16-34-13-10-28-25(32)18-8-11-31(12-9-18)15-23-29-24(30-33-23)21-7-6-20(26)14-22(21)27/h2-7,14,18H,8-13,15-16H2,1H3,(H,28,32). The Balaban J connectivity index is 1.16. The van der Waals surface area contributed by atoms with E-state index < -0.39 is 0 Å². The average molecular weight is 519 g/mol. The van der Waals surface area contributed by atoms with Crippen LogP contribution in [0, 0.1) is 12.8 Å². The zero-order valence-corrected chi connectivity index (χ0v) is 21.4. The molecular formula is C25H28Cl2N4O2S. The zero-order valence-electron chi connectivity index (χ0n) is 19.1. The summed E-state index contributed by atoms with van der Waals surface area (Å²) in [4.78, 5) is 19.3. The summed E-state index contributed by atoms with van der Waals surface area (Å²) in [5, 5.41) is 8.21. The highest BCUT2D eigenvalue weighted by atomic mass is 35.5. The van der Waals surface area contributed by atoms with Crippen LogP contribution in [-0.4, -0.2) is 46.3 Å². The van der Waals surface area contributed by atoms with Crippen molar-refractivity contribution in [3.05, 3.63) is 69.5 Å². The number of piperidine rings is 1. The van der Waals surface area contributed by atoms with Crippen LogP contribution in [0.1, 0.15) is 29.9 Å². The molecule has 0 unspecified atom stereocenters. The van der Waals surface area contributed by atoms with Gasteiger partial charge in [0.15, 0.2) is 0 Å². The predicted octanol–water partition coefficient (Wildman–Crippen LogP) is 5.61. The van der Waals surface area contributed by atoms with Gasteiger partial charge in [-0.05, 0) is 62.2 Å². The van der Waals surface area contributed by atoms with E-state index in [4.69, 9.17) is 27.7 Å². The summed E-state index contributed by atoms with van der Waals surface area (Å²) in [5.74, 6) is 3.09. The van der Waals surface area contributed by atoms with Crippen molar-refractivity contribution >= 4 is 40.9 Å². The van der Waals surface area contributed by atoms with Crippen molar-refractivity contribution in [2.24, 2.45) is 5.92 Å². The molecule has 1 aromatic heterocycles. The number of nitrogens with one attached hydrogen (secondary N) is 1. The number of carbonyl (C=O) groups excluding carboxylic acids is 1. The van der Waals surface area contributed by atoms with E-state index in [2.05, 4.69) is 51.5 Å². The van der Waals surface area contributed by atoms with E-state index in [1.807, 2.05) is 11.8 Å². The Morgan fingerprint density at radius 3 is 2.76 bits per heavy atom. The molecule has 0 aliphatic carbocycles. The smallest absolute Gasteiger partial charge is 0.241 e. The van der Waals surface area contributed by atoms with Gasteiger partial charge >= 0.3 is 0 Å². The van der Waals surface area contributed by atoms with Gasteiger partial charge < -0.3 is 9.84 Å². The van der Waals surface area contributed by atoms with Gasteiger partial charge in [-0.3, -0.25) is 9.69 Å². The van der Waals surface area contributed by atoms with Crippen LogP contribution in [0.2, 0.25) is 10.0 Å². The molecule has 0 radical (unpaired) electrons. The molecule has 1 fully saturated rings. The molecule has 2 aromatic carbocycles. The summed E-state index contributed by atoms with van der Waals surface area (Å²) < 4.78 is 5.42. The first-order valence-corrected chi connectivity index (χ1v) is 13.3. The Bertz CT molecular complexity index is 1120. The molecule has 0 spiro atoms. The molecule has 0 atom stereocenters. The van der Waals surface area contributed by atoms with E-state index >= 15 is 0 Å². The van der Waals surface area contributed by atoms with E-state index in [1.165, 1.54) is 11.1 Å². The molecule has 180 valence electrons. The molecule has 6 nitrogen and oxygen atoms in total. The normalized spacial score (nSPS) is 14.9. The lowest BCUT2D eigenvalue weighted by Gasteiger charge is -2.30. The quantitative estimate of drug-likeness (QED) is 0.371. The van der Waals surface area contributed by atoms with Crippen molar-refractivity contribution in [1.82, 2.24) is 20.4 Å². The van der Waals surface area contributed by atoms with Crippen molar-refractivity contribution in [2.45, 2.75) is 32.1 Å². The number of thioether (sulfide) groups is 1. The molecule has 0 saturated carbocycles. The van der Waals surface area contributed by atoms with Gasteiger partial charge in [0.1, 0.15) is 0 Å². The Hall–Kier alpha value is -2.06. The fourth-order valence-electron chi connectivity index (χ4n) is 3.99. The Kier molecular flexibility index (Phi) is 8.89. The topological polar surface area (TPSA) is 71.3 Å². The van der Waals surface area contributed by atoms with Gasteiger partial charge in [-0.1, -0.05) is 52.6 Å². The second-order valence-corrected chi connectivity index (χ2v) is 10.4. The largest absolute Gasteiger partial charge is 0.355 e. The van der Waals surface area contributed by atoms with Crippen LogP contribution < -0.4 is 5.32 Å². The van der Waals surface area contributed by atoms with Gasteiger partial charge in [0.25, 0.3) is 0 Å². The highest BCUT2D eigenvalue weighted by Crippen LogP contribution is 2.29. The third kappa shape index (κ3) is 6.75. The van der Waals surface area contributed by atoms with E-state index in [0.29, 0.717) is 40.4 Å². The van der Waals surface area contributed by atoms with Gasteiger partial charge in [-0.25, -0.2) is 0 Å². The molecule has 1 aliphatic heterocycles. The molecule has 1 N–H and O–H groups in total. The van der Waals surface area contributed by atoms with Crippen molar-refractivity contribution in [3.63, 3.8) is 0 Å². The molecule has 34 heavy (non-hydrogen) atoms. The Morgan fingerprint density at radius 1 is 1.21 bits per heavy atom. The highest BCUT2D eigenvalue weighted by Gasteiger charge is 2.26. The molecule has 9 heteroatoms.